The molecule has 3 unspecified atom stereocenters. The van der Waals surface area contributed by atoms with E-state index in [2.05, 4.69) is 12.2 Å². The Bertz CT molecular complexity index is 204. The van der Waals surface area contributed by atoms with E-state index < -0.39 is 5.60 Å². The van der Waals surface area contributed by atoms with Gasteiger partial charge in [0, 0.05) is 18.3 Å². The lowest BCUT2D eigenvalue weighted by molar-refractivity contribution is 0.0618. The smallest absolute Gasteiger partial charge is 0.0869 e. The SMILES string of the molecule is CC1CCCC(NCC2(O)CCSC2)C1. The van der Waals surface area contributed by atoms with Gasteiger partial charge in [0.1, 0.15) is 0 Å². The number of nitrogens with one attached hydrogen (secondary N) is 1. The van der Waals surface area contributed by atoms with Gasteiger partial charge in [-0.2, -0.15) is 11.8 Å². The Hall–Kier alpha value is 0.270. The second-order valence-corrected chi connectivity index (χ2v) is 6.48. The molecule has 3 atom stereocenters. The molecule has 2 N–H and O–H groups in total. The summed E-state index contributed by atoms with van der Waals surface area (Å²) in [7, 11) is 0. The average molecular weight is 229 g/mol. The Morgan fingerprint density at radius 1 is 1.47 bits per heavy atom. The highest BCUT2D eigenvalue weighted by molar-refractivity contribution is 7.99. The molecule has 15 heavy (non-hydrogen) atoms. The molecule has 3 heteroatoms. The van der Waals surface area contributed by atoms with Crippen LogP contribution in [0, 0.1) is 5.92 Å². The molecular weight excluding hydrogens is 206 g/mol. The summed E-state index contributed by atoms with van der Waals surface area (Å²) in [5.74, 6) is 2.91. The first kappa shape index (κ1) is 11.7. The van der Waals surface area contributed by atoms with Crippen LogP contribution in [0.5, 0.6) is 0 Å². The van der Waals surface area contributed by atoms with Gasteiger partial charge in [0.25, 0.3) is 0 Å². The highest BCUT2D eigenvalue weighted by Crippen LogP contribution is 2.28. The lowest BCUT2D eigenvalue weighted by atomic mass is 9.86. The Morgan fingerprint density at radius 2 is 2.33 bits per heavy atom. The van der Waals surface area contributed by atoms with Gasteiger partial charge in [0.15, 0.2) is 0 Å². The molecule has 1 aliphatic heterocycles. The zero-order chi connectivity index (χ0) is 10.7. The van der Waals surface area contributed by atoms with E-state index in [1.807, 2.05) is 11.8 Å². The van der Waals surface area contributed by atoms with Crippen molar-refractivity contribution in [3.63, 3.8) is 0 Å². The van der Waals surface area contributed by atoms with E-state index in [9.17, 15) is 5.11 Å². The van der Waals surface area contributed by atoms with Crippen LogP contribution in [0.15, 0.2) is 0 Å². The molecule has 2 fully saturated rings. The predicted molar refractivity (Wildman–Crippen MR) is 66.3 cm³/mol. The Morgan fingerprint density at radius 3 is 3.00 bits per heavy atom. The van der Waals surface area contributed by atoms with Crippen LogP contribution in [-0.4, -0.2) is 34.8 Å². The number of hydrogen-bond donors (Lipinski definition) is 2. The topological polar surface area (TPSA) is 32.3 Å². The fourth-order valence-electron chi connectivity index (χ4n) is 2.69. The van der Waals surface area contributed by atoms with Gasteiger partial charge in [-0.25, -0.2) is 0 Å². The number of aliphatic hydroxyl groups is 1. The van der Waals surface area contributed by atoms with Gasteiger partial charge in [-0.15, -0.1) is 0 Å². The summed E-state index contributed by atoms with van der Waals surface area (Å²) in [4.78, 5) is 0. The second kappa shape index (κ2) is 5.07. The second-order valence-electron chi connectivity index (χ2n) is 5.38. The lowest BCUT2D eigenvalue weighted by Crippen LogP contribution is -2.45. The molecule has 88 valence electrons. The zero-order valence-electron chi connectivity index (χ0n) is 9.67. The average Bonchev–Trinajstić information content (AvgIpc) is 2.63. The van der Waals surface area contributed by atoms with E-state index in [-0.39, 0.29) is 0 Å². The third kappa shape index (κ3) is 3.36. The molecule has 1 heterocycles. The minimum atomic E-state index is -0.411. The molecule has 0 radical (unpaired) electrons. The van der Waals surface area contributed by atoms with E-state index in [1.165, 1.54) is 25.7 Å². The summed E-state index contributed by atoms with van der Waals surface area (Å²) >= 11 is 1.88. The minimum absolute atomic E-state index is 0.411. The van der Waals surface area contributed by atoms with Gasteiger partial charge < -0.3 is 10.4 Å². The van der Waals surface area contributed by atoms with Crippen molar-refractivity contribution in [2.24, 2.45) is 5.92 Å². The summed E-state index contributed by atoms with van der Waals surface area (Å²) in [6.45, 7) is 3.14. The summed E-state index contributed by atoms with van der Waals surface area (Å²) in [5.41, 5.74) is -0.411. The van der Waals surface area contributed by atoms with Crippen LogP contribution < -0.4 is 5.32 Å². The molecule has 0 amide bonds. The molecule has 2 rings (SSSR count). The van der Waals surface area contributed by atoms with E-state index in [1.54, 1.807) is 0 Å². The Labute approximate surface area is 97.2 Å². The molecule has 0 aromatic heterocycles. The maximum atomic E-state index is 10.2. The van der Waals surface area contributed by atoms with Crippen molar-refractivity contribution in [1.29, 1.82) is 0 Å². The maximum absolute atomic E-state index is 10.2. The maximum Gasteiger partial charge on any atom is 0.0869 e. The normalized spacial score (nSPS) is 42.0. The molecule has 0 aromatic carbocycles. The third-order valence-electron chi connectivity index (χ3n) is 3.74. The molecule has 0 spiro atoms. The molecule has 2 aliphatic rings. The monoisotopic (exact) mass is 229 g/mol. The van der Waals surface area contributed by atoms with Gasteiger partial charge in [-0.05, 0) is 30.9 Å². The molecule has 1 aliphatic carbocycles. The molecule has 1 saturated heterocycles. The summed E-state index contributed by atoms with van der Waals surface area (Å²) in [6.07, 6.45) is 6.30. The van der Waals surface area contributed by atoms with Crippen LogP contribution in [0.25, 0.3) is 0 Å². The molecule has 0 bridgehead atoms. The van der Waals surface area contributed by atoms with E-state index in [4.69, 9.17) is 0 Å². The van der Waals surface area contributed by atoms with Gasteiger partial charge in [0.05, 0.1) is 5.60 Å². The van der Waals surface area contributed by atoms with Crippen molar-refractivity contribution in [2.45, 2.75) is 50.7 Å². The van der Waals surface area contributed by atoms with E-state index in [0.29, 0.717) is 6.04 Å². The van der Waals surface area contributed by atoms with Crippen molar-refractivity contribution >= 4 is 11.8 Å². The lowest BCUT2D eigenvalue weighted by Gasteiger charge is -2.31. The Balaban J connectivity index is 1.72. The molecule has 1 saturated carbocycles. The molecular formula is C12H23NOS. The number of rotatable bonds is 3. The van der Waals surface area contributed by atoms with E-state index >= 15 is 0 Å². The van der Waals surface area contributed by atoms with Gasteiger partial charge in [-0.1, -0.05) is 19.8 Å². The number of thioether (sulfide) groups is 1. The van der Waals surface area contributed by atoms with Crippen molar-refractivity contribution < 1.29 is 5.11 Å². The Kier molecular flexibility index (Phi) is 3.97. The quantitative estimate of drug-likeness (QED) is 0.776. The minimum Gasteiger partial charge on any atom is -0.388 e. The fraction of sp³-hybridized carbons (Fsp3) is 1.00. The van der Waals surface area contributed by atoms with Gasteiger partial charge >= 0.3 is 0 Å². The van der Waals surface area contributed by atoms with Crippen molar-refractivity contribution in [3.8, 4) is 0 Å². The summed E-state index contributed by atoms with van der Waals surface area (Å²) in [5, 5.41) is 13.8. The van der Waals surface area contributed by atoms with Crippen LogP contribution >= 0.6 is 11.8 Å². The van der Waals surface area contributed by atoms with Crippen LogP contribution in [0.2, 0.25) is 0 Å². The van der Waals surface area contributed by atoms with Crippen molar-refractivity contribution in [1.82, 2.24) is 5.32 Å². The summed E-state index contributed by atoms with van der Waals surface area (Å²) < 4.78 is 0. The fourth-order valence-corrected chi connectivity index (χ4v) is 3.98. The molecule has 2 nitrogen and oxygen atoms in total. The van der Waals surface area contributed by atoms with Crippen LogP contribution in [-0.2, 0) is 0 Å². The first-order chi connectivity index (χ1) is 7.18. The first-order valence-corrected chi connectivity index (χ1v) is 7.37. The first-order valence-electron chi connectivity index (χ1n) is 6.21. The van der Waals surface area contributed by atoms with Crippen LogP contribution in [0.3, 0.4) is 0 Å². The predicted octanol–water partition coefficient (Wildman–Crippen LogP) is 2.02. The largest absolute Gasteiger partial charge is 0.388 e. The standard InChI is InChI=1S/C12H23NOS/c1-10-3-2-4-11(7-10)13-8-12(14)5-6-15-9-12/h10-11,13-14H,2-9H2,1H3. The highest BCUT2D eigenvalue weighted by Gasteiger charge is 2.32. The van der Waals surface area contributed by atoms with Crippen molar-refractivity contribution in [3.05, 3.63) is 0 Å². The third-order valence-corrected chi connectivity index (χ3v) is 4.97. The number of hydrogen-bond acceptors (Lipinski definition) is 3. The van der Waals surface area contributed by atoms with E-state index in [0.717, 1.165) is 30.4 Å². The van der Waals surface area contributed by atoms with Crippen LogP contribution in [0.1, 0.15) is 39.0 Å². The summed E-state index contributed by atoms with van der Waals surface area (Å²) in [6, 6.07) is 0.656. The van der Waals surface area contributed by atoms with Crippen LogP contribution in [0.4, 0.5) is 0 Å². The van der Waals surface area contributed by atoms with Crippen molar-refractivity contribution in [2.75, 3.05) is 18.1 Å². The zero-order valence-corrected chi connectivity index (χ0v) is 10.5. The highest BCUT2D eigenvalue weighted by atomic mass is 32.2. The van der Waals surface area contributed by atoms with Gasteiger partial charge in [-0.3, -0.25) is 0 Å². The molecule has 0 aromatic rings. The van der Waals surface area contributed by atoms with Gasteiger partial charge in [0.2, 0.25) is 0 Å².